The molecule has 5 heteroatoms. The molecule has 0 saturated heterocycles. The number of hydrogen-bond acceptors (Lipinski definition) is 4. The lowest BCUT2D eigenvalue weighted by Gasteiger charge is -1.97. The van der Waals surface area contributed by atoms with Gasteiger partial charge in [-0.15, -0.1) is 0 Å². The first kappa shape index (κ1) is 8.45. The van der Waals surface area contributed by atoms with Crippen molar-refractivity contribution < 1.29 is 5.21 Å². The van der Waals surface area contributed by atoms with Crippen LogP contribution in [0.2, 0.25) is 0 Å². The van der Waals surface area contributed by atoms with Gasteiger partial charge in [0.15, 0.2) is 5.82 Å². The lowest BCUT2D eigenvalue weighted by Crippen LogP contribution is -2.16. The fraction of sp³-hybridized carbons (Fsp3) is 0.286. The number of nitrogens with two attached hydrogens (primary N) is 1. The topological polar surface area (TPSA) is 84.4 Å². The van der Waals surface area contributed by atoms with Gasteiger partial charge in [-0.25, -0.2) is 9.97 Å². The summed E-state index contributed by atoms with van der Waals surface area (Å²) in [5, 5.41) is 11.1. The molecule has 0 radical (unpaired) electrons. The molecule has 0 aliphatic heterocycles. The predicted octanol–water partition coefficient (Wildman–Crippen LogP) is 0.133. The smallest absolute Gasteiger partial charge is 0.207 e. The van der Waals surface area contributed by atoms with E-state index in [-0.39, 0.29) is 11.7 Å². The van der Waals surface area contributed by atoms with Crippen LogP contribution in [0.3, 0.4) is 0 Å². The monoisotopic (exact) mass is 166 g/mol. The van der Waals surface area contributed by atoms with E-state index in [2.05, 4.69) is 15.1 Å². The zero-order valence-electron chi connectivity index (χ0n) is 6.73. The van der Waals surface area contributed by atoms with Crippen molar-refractivity contribution in [2.75, 3.05) is 0 Å². The highest BCUT2D eigenvalue weighted by Gasteiger charge is 2.00. The zero-order valence-corrected chi connectivity index (χ0v) is 6.73. The Bertz CT molecular complexity index is 280. The van der Waals surface area contributed by atoms with Gasteiger partial charge >= 0.3 is 0 Å². The lowest BCUT2D eigenvalue weighted by molar-refractivity contribution is 0.318. The first-order valence-corrected chi connectivity index (χ1v) is 3.56. The first-order valence-electron chi connectivity index (χ1n) is 3.56. The molecule has 0 spiro atoms. The second-order valence-electron chi connectivity index (χ2n) is 2.25. The Labute approximate surface area is 69.9 Å². The average molecular weight is 166 g/mol. The van der Waals surface area contributed by atoms with Crippen molar-refractivity contribution in [3.8, 4) is 0 Å². The van der Waals surface area contributed by atoms with Crippen LogP contribution < -0.4 is 5.73 Å². The highest BCUT2D eigenvalue weighted by molar-refractivity contribution is 5.93. The fourth-order valence-electron chi connectivity index (χ4n) is 0.714. The van der Waals surface area contributed by atoms with E-state index in [0.717, 1.165) is 12.0 Å². The lowest BCUT2D eigenvalue weighted by atomic mass is 10.3. The molecule has 1 aromatic rings. The molecule has 0 aromatic carbocycles. The van der Waals surface area contributed by atoms with Crippen LogP contribution in [0.1, 0.15) is 18.3 Å². The molecule has 3 N–H and O–H groups in total. The van der Waals surface area contributed by atoms with Crippen LogP contribution in [0.15, 0.2) is 17.5 Å². The summed E-state index contributed by atoms with van der Waals surface area (Å²) in [5.41, 5.74) is 6.28. The van der Waals surface area contributed by atoms with E-state index in [0.29, 0.717) is 0 Å². The van der Waals surface area contributed by atoms with Crippen molar-refractivity contribution in [3.63, 3.8) is 0 Å². The van der Waals surface area contributed by atoms with E-state index >= 15 is 0 Å². The molecule has 5 nitrogen and oxygen atoms in total. The third kappa shape index (κ3) is 1.69. The maximum absolute atomic E-state index is 8.30. The Morgan fingerprint density at radius 1 is 1.58 bits per heavy atom. The van der Waals surface area contributed by atoms with Gasteiger partial charge < -0.3 is 10.9 Å². The van der Waals surface area contributed by atoms with Crippen LogP contribution in [0, 0.1) is 0 Å². The Morgan fingerprint density at radius 3 is 2.58 bits per heavy atom. The van der Waals surface area contributed by atoms with E-state index in [1.165, 1.54) is 0 Å². The van der Waals surface area contributed by atoms with Crippen LogP contribution in [0.25, 0.3) is 0 Å². The largest absolute Gasteiger partial charge is 0.409 e. The Morgan fingerprint density at radius 2 is 2.17 bits per heavy atom. The Hall–Kier alpha value is -1.65. The second-order valence-corrected chi connectivity index (χ2v) is 2.25. The van der Waals surface area contributed by atoms with E-state index in [9.17, 15) is 0 Å². The maximum atomic E-state index is 8.30. The summed E-state index contributed by atoms with van der Waals surface area (Å²) in [6, 6.07) is 0. The molecular weight excluding hydrogens is 156 g/mol. The number of aryl methyl sites for hydroxylation is 1. The minimum Gasteiger partial charge on any atom is -0.409 e. The molecule has 0 saturated carbocycles. The Kier molecular flexibility index (Phi) is 2.57. The number of rotatable bonds is 2. The molecule has 0 unspecified atom stereocenters. The number of hydrogen-bond donors (Lipinski definition) is 2. The maximum Gasteiger partial charge on any atom is 0.207 e. The van der Waals surface area contributed by atoms with Crippen molar-refractivity contribution in [1.82, 2.24) is 9.97 Å². The van der Waals surface area contributed by atoms with Crippen LogP contribution in [0.5, 0.6) is 0 Å². The molecule has 1 heterocycles. The molecule has 0 fully saturated rings. The summed E-state index contributed by atoms with van der Waals surface area (Å²) in [5.74, 6) is 0.173. The highest BCUT2D eigenvalue weighted by Crippen LogP contribution is 1.95. The molecule has 1 rings (SSSR count). The number of oxime groups is 1. The van der Waals surface area contributed by atoms with Crippen molar-refractivity contribution >= 4 is 5.84 Å². The first-order chi connectivity index (χ1) is 5.77. The normalized spacial score (nSPS) is 11.6. The van der Waals surface area contributed by atoms with Crippen molar-refractivity contribution in [3.05, 3.63) is 23.8 Å². The SMILES string of the molecule is CCc1cnc(C(N)=NO)nc1. The van der Waals surface area contributed by atoms with Gasteiger partial charge in [-0.05, 0) is 12.0 Å². The standard InChI is InChI=1S/C7H10N4O/c1-2-5-3-9-7(10-4-5)6(8)11-12/h3-4,12H,2H2,1H3,(H2,8,11). The minimum atomic E-state index is -0.0716. The quantitative estimate of drug-likeness (QED) is 0.283. The Balaban J connectivity index is 2.92. The number of amidine groups is 1. The molecule has 0 aliphatic rings. The number of aromatic nitrogens is 2. The molecule has 64 valence electrons. The fourth-order valence-corrected chi connectivity index (χ4v) is 0.714. The van der Waals surface area contributed by atoms with Crippen LogP contribution in [-0.4, -0.2) is 21.0 Å². The van der Waals surface area contributed by atoms with Gasteiger partial charge in [-0.2, -0.15) is 0 Å². The summed E-state index contributed by atoms with van der Waals surface area (Å²) in [6.07, 6.45) is 4.18. The van der Waals surface area contributed by atoms with Gasteiger partial charge in [0.25, 0.3) is 0 Å². The average Bonchev–Trinajstić information content (AvgIpc) is 2.17. The van der Waals surface area contributed by atoms with Crippen molar-refractivity contribution in [2.24, 2.45) is 10.9 Å². The van der Waals surface area contributed by atoms with E-state index in [1.807, 2.05) is 6.92 Å². The van der Waals surface area contributed by atoms with Crippen LogP contribution in [-0.2, 0) is 6.42 Å². The molecule has 0 aliphatic carbocycles. The van der Waals surface area contributed by atoms with E-state index in [1.54, 1.807) is 12.4 Å². The van der Waals surface area contributed by atoms with Gasteiger partial charge in [0.2, 0.25) is 5.84 Å². The van der Waals surface area contributed by atoms with Gasteiger partial charge in [0, 0.05) is 12.4 Å². The van der Waals surface area contributed by atoms with Crippen LogP contribution >= 0.6 is 0 Å². The molecular formula is C7H10N4O. The predicted molar refractivity (Wildman–Crippen MR) is 43.9 cm³/mol. The second kappa shape index (κ2) is 3.66. The molecule has 0 bridgehead atoms. The van der Waals surface area contributed by atoms with Gasteiger partial charge in [0.05, 0.1) is 0 Å². The number of nitrogens with zero attached hydrogens (tertiary/aromatic N) is 3. The van der Waals surface area contributed by atoms with Crippen LogP contribution in [0.4, 0.5) is 0 Å². The summed E-state index contributed by atoms with van der Waals surface area (Å²) in [6.45, 7) is 2.00. The molecule has 1 aromatic heterocycles. The minimum absolute atomic E-state index is 0.0716. The van der Waals surface area contributed by atoms with E-state index < -0.39 is 0 Å². The summed E-state index contributed by atoms with van der Waals surface area (Å²) in [4.78, 5) is 7.79. The van der Waals surface area contributed by atoms with Gasteiger partial charge in [-0.3, -0.25) is 0 Å². The summed E-state index contributed by atoms with van der Waals surface area (Å²) >= 11 is 0. The zero-order chi connectivity index (χ0) is 8.97. The van der Waals surface area contributed by atoms with E-state index in [4.69, 9.17) is 10.9 Å². The third-order valence-electron chi connectivity index (χ3n) is 1.45. The highest BCUT2D eigenvalue weighted by atomic mass is 16.4. The summed E-state index contributed by atoms with van der Waals surface area (Å²) < 4.78 is 0. The summed E-state index contributed by atoms with van der Waals surface area (Å²) in [7, 11) is 0. The van der Waals surface area contributed by atoms with Gasteiger partial charge in [0.1, 0.15) is 0 Å². The third-order valence-corrected chi connectivity index (χ3v) is 1.45. The molecule has 0 atom stereocenters. The van der Waals surface area contributed by atoms with Crippen molar-refractivity contribution in [2.45, 2.75) is 13.3 Å². The van der Waals surface area contributed by atoms with Crippen molar-refractivity contribution in [1.29, 1.82) is 0 Å². The molecule has 12 heavy (non-hydrogen) atoms. The molecule has 0 amide bonds. The van der Waals surface area contributed by atoms with Gasteiger partial charge in [-0.1, -0.05) is 12.1 Å².